The zero-order valence-corrected chi connectivity index (χ0v) is 16.3. The number of para-hydroxylation sites is 1. The molecule has 2 aliphatic heterocycles. The molecule has 1 aromatic heterocycles. The molecule has 1 aromatic carbocycles. The van der Waals surface area contributed by atoms with Gasteiger partial charge in [0, 0.05) is 32.6 Å². The number of imidazole rings is 1. The maximum atomic E-state index is 12.6. The molecular weight excluding hydrogens is 338 g/mol. The summed E-state index contributed by atoms with van der Waals surface area (Å²) in [5.74, 6) is 1.56. The number of nitrogens with one attached hydrogen (secondary N) is 2. The molecule has 2 aromatic rings. The third kappa shape index (κ3) is 4.43. The van der Waals surface area contributed by atoms with Crippen molar-refractivity contribution in [2.24, 2.45) is 5.92 Å². The van der Waals surface area contributed by atoms with Crippen LogP contribution in [0, 0.1) is 12.8 Å². The summed E-state index contributed by atoms with van der Waals surface area (Å²) in [4.78, 5) is 25.2. The van der Waals surface area contributed by atoms with E-state index in [0.717, 1.165) is 49.3 Å². The number of benzene rings is 1. The second kappa shape index (κ2) is 8.30. The fourth-order valence-corrected chi connectivity index (χ4v) is 4.47. The van der Waals surface area contributed by atoms with Crippen molar-refractivity contribution in [3.8, 4) is 0 Å². The minimum absolute atomic E-state index is 0.0772. The molecule has 4 rings (SSSR count). The van der Waals surface area contributed by atoms with Gasteiger partial charge in [-0.1, -0.05) is 12.1 Å². The number of carbonyl (C=O) groups excluding carboxylic acids is 1. The first-order valence-electron chi connectivity index (χ1n) is 10.4. The van der Waals surface area contributed by atoms with Crippen molar-refractivity contribution in [1.29, 1.82) is 0 Å². The van der Waals surface area contributed by atoms with Gasteiger partial charge >= 0.3 is 6.03 Å². The first-order valence-corrected chi connectivity index (χ1v) is 10.4. The molecule has 0 saturated carbocycles. The Kier molecular flexibility index (Phi) is 5.62. The number of H-pyrrole nitrogens is 1. The Labute approximate surface area is 161 Å². The number of hydrogen-bond acceptors (Lipinski definition) is 3. The Morgan fingerprint density at radius 1 is 1.26 bits per heavy atom. The maximum absolute atomic E-state index is 12.6. The number of urea groups is 1. The number of aromatic amines is 1. The number of nitrogens with zero attached hydrogens (tertiary/aromatic N) is 3. The van der Waals surface area contributed by atoms with Crippen molar-refractivity contribution in [3.63, 3.8) is 0 Å². The Morgan fingerprint density at radius 3 is 2.93 bits per heavy atom. The summed E-state index contributed by atoms with van der Waals surface area (Å²) in [7, 11) is 0. The number of fused-ring (bicyclic) bond motifs is 1. The molecule has 6 nitrogen and oxygen atoms in total. The summed E-state index contributed by atoms with van der Waals surface area (Å²) >= 11 is 0. The van der Waals surface area contributed by atoms with E-state index in [1.54, 1.807) is 0 Å². The highest BCUT2D eigenvalue weighted by molar-refractivity contribution is 5.78. The second-order valence-corrected chi connectivity index (χ2v) is 8.10. The monoisotopic (exact) mass is 369 g/mol. The van der Waals surface area contributed by atoms with Crippen LogP contribution in [0.2, 0.25) is 0 Å². The average Bonchev–Trinajstić information content (AvgIpc) is 3.32. The van der Waals surface area contributed by atoms with Crippen LogP contribution in [0.5, 0.6) is 0 Å². The highest BCUT2D eigenvalue weighted by Crippen LogP contribution is 2.20. The smallest absolute Gasteiger partial charge is 0.317 e. The summed E-state index contributed by atoms with van der Waals surface area (Å²) in [5.41, 5.74) is 3.27. The van der Waals surface area contributed by atoms with E-state index >= 15 is 0 Å². The molecule has 0 spiro atoms. The fourth-order valence-electron chi connectivity index (χ4n) is 4.47. The summed E-state index contributed by atoms with van der Waals surface area (Å²) in [6, 6.07) is 6.24. The van der Waals surface area contributed by atoms with Crippen molar-refractivity contribution in [3.05, 3.63) is 29.6 Å². The van der Waals surface area contributed by atoms with E-state index in [0.29, 0.717) is 12.5 Å². The Bertz CT molecular complexity index is 780. The van der Waals surface area contributed by atoms with Gasteiger partial charge in [-0.3, -0.25) is 0 Å². The van der Waals surface area contributed by atoms with Crippen molar-refractivity contribution in [1.82, 2.24) is 25.1 Å². The lowest BCUT2D eigenvalue weighted by Crippen LogP contribution is -2.47. The number of amides is 2. The third-order valence-corrected chi connectivity index (χ3v) is 5.92. The second-order valence-electron chi connectivity index (χ2n) is 8.10. The largest absolute Gasteiger partial charge is 0.342 e. The molecule has 2 aliphatic rings. The summed E-state index contributed by atoms with van der Waals surface area (Å²) in [5, 5.41) is 3.09. The Morgan fingerprint density at radius 2 is 2.11 bits per heavy atom. The average molecular weight is 370 g/mol. The van der Waals surface area contributed by atoms with Crippen LogP contribution in [-0.4, -0.2) is 65.1 Å². The number of hydrogen-bond donors (Lipinski definition) is 2. The number of aromatic nitrogens is 2. The van der Waals surface area contributed by atoms with Gasteiger partial charge in [0.25, 0.3) is 0 Å². The molecule has 3 heterocycles. The predicted octanol–water partition coefficient (Wildman–Crippen LogP) is 2.93. The lowest BCUT2D eigenvalue weighted by Gasteiger charge is -2.34. The minimum Gasteiger partial charge on any atom is -0.342 e. The molecule has 6 heteroatoms. The van der Waals surface area contributed by atoms with Gasteiger partial charge in [-0.25, -0.2) is 9.78 Å². The molecule has 27 heavy (non-hydrogen) atoms. The molecule has 0 aliphatic carbocycles. The molecule has 2 fully saturated rings. The van der Waals surface area contributed by atoms with Crippen LogP contribution >= 0.6 is 0 Å². The molecule has 0 bridgehead atoms. The molecule has 2 saturated heterocycles. The molecule has 1 atom stereocenters. The molecule has 2 amide bonds. The first-order chi connectivity index (χ1) is 13.2. The Balaban J connectivity index is 1.25. The lowest BCUT2D eigenvalue weighted by molar-refractivity contribution is 0.147. The zero-order chi connectivity index (χ0) is 18.6. The quantitative estimate of drug-likeness (QED) is 0.852. The van der Waals surface area contributed by atoms with Crippen LogP contribution in [0.1, 0.15) is 37.1 Å². The van der Waals surface area contributed by atoms with Crippen LogP contribution in [-0.2, 0) is 6.42 Å². The molecule has 0 unspecified atom stereocenters. The highest BCUT2D eigenvalue weighted by Gasteiger charge is 2.25. The van der Waals surface area contributed by atoms with Crippen LogP contribution in [0.3, 0.4) is 0 Å². The standard InChI is InChI=1S/C21H31N5O/c1-16-6-4-8-18-20(16)24-19(23-18)9-10-22-21(27)26-13-5-7-17(15-26)14-25-11-2-3-12-25/h4,6,8,17H,2-3,5,7,9-15H2,1H3,(H,22,27)(H,23,24)/t17-/m0/s1. The van der Waals surface area contributed by atoms with Gasteiger partial charge in [-0.05, 0) is 63.2 Å². The zero-order valence-electron chi connectivity index (χ0n) is 16.3. The van der Waals surface area contributed by atoms with Crippen molar-refractivity contribution in [2.75, 3.05) is 39.3 Å². The van der Waals surface area contributed by atoms with Crippen molar-refractivity contribution < 1.29 is 4.79 Å². The van der Waals surface area contributed by atoms with E-state index in [1.807, 2.05) is 17.0 Å². The van der Waals surface area contributed by atoms with Gasteiger partial charge in [0.15, 0.2) is 0 Å². The SMILES string of the molecule is Cc1cccc2[nH]c(CCNC(=O)N3CCC[C@@H](CN4CCCC4)C3)nc12. The summed E-state index contributed by atoms with van der Waals surface area (Å²) in [6.07, 6.45) is 5.76. The number of piperidine rings is 1. The predicted molar refractivity (Wildman–Crippen MR) is 108 cm³/mol. The lowest BCUT2D eigenvalue weighted by atomic mass is 9.98. The van der Waals surface area contributed by atoms with Gasteiger partial charge in [-0.15, -0.1) is 0 Å². The van der Waals surface area contributed by atoms with E-state index in [1.165, 1.54) is 37.9 Å². The number of aryl methyl sites for hydroxylation is 1. The van der Waals surface area contributed by atoms with Crippen LogP contribution in [0.4, 0.5) is 4.79 Å². The third-order valence-electron chi connectivity index (χ3n) is 5.92. The van der Waals surface area contributed by atoms with Gasteiger partial charge in [0.2, 0.25) is 0 Å². The minimum atomic E-state index is 0.0772. The van der Waals surface area contributed by atoms with Gasteiger partial charge < -0.3 is 20.1 Å². The van der Waals surface area contributed by atoms with E-state index in [2.05, 4.69) is 33.2 Å². The number of rotatable bonds is 5. The van der Waals surface area contributed by atoms with Gasteiger partial charge in [0.1, 0.15) is 5.82 Å². The van der Waals surface area contributed by atoms with Gasteiger partial charge in [-0.2, -0.15) is 0 Å². The molecular formula is C21H31N5O. The van der Waals surface area contributed by atoms with E-state index < -0.39 is 0 Å². The van der Waals surface area contributed by atoms with Crippen LogP contribution in [0.25, 0.3) is 11.0 Å². The van der Waals surface area contributed by atoms with Crippen LogP contribution in [0.15, 0.2) is 18.2 Å². The number of likely N-dealkylation sites (tertiary alicyclic amines) is 2. The van der Waals surface area contributed by atoms with Crippen molar-refractivity contribution >= 4 is 17.1 Å². The summed E-state index contributed by atoms with van der Waals surface area (Å²) in [6.45, 7) is 8.09. The fraction of sp³-hybridized carbons (Fsp3) is 0.619. The normalized spacial score (nSPS) is 21.1. The molecule has 2 N–H and O–H groups in total. The van der Waals surface area contributed by atoms with E-state index in [4.69, 9.17) is 0 Å². The maximum Gasteiger partial charge on any atom is 0.317 e. The van der Waals surface area contributed by atoms with Crippen LogP contribution < -0.4 is 5.32 Å². The summed E-state index contributed by atoms with van der Waals surface area (Å²) < 4.78 is 0. The number of carbonyl (C=O) groups is 1. The van der Waals surface area contributed by atoms with E-state index in [9.17, 15) is 4.79 Å². The first kappa shape index (κ1) is 18.3. The molecule has 146 valence electrons. The topological polar surface area (TPSA) is 64.3 Å². The Hall–Kier alpha value is -2.08. The molecule has 0 radical (unpaired) electrons. The van der Waals surface area contributed by atoms with Crippen molar-refractivity contribution in [2.45, 2.75) is 39.0 Å². The highest BCUT2D eigenvalue weighted by atomic mass is 16.2. The van der Waals surface area contributed by atoms with Gasteiger partial charge in [0.05, 0.1) is 11.0 Å². The van der Waals surface area contributed by atoms with E-state index in [-0.39, 0.29) is 6.03 Å².